The standard InChI is InChI=1S/C12H22N2S/c1-3-5-11(4-2)14-12(10-13)6-8-15-9-7-12/h2,11,14H,3,5-10,13H2,1H3. The Balaban J connectivity index is 2.53. The number of terminal acetylenes is 1. The second-order valence-electron chi connectivity index (χ2n) is 4.25. The molecule has 1 atom stereocenters. The van der Waals surface area contributed by atoms with Crippen LogP contribution in [-0.2, 0) is 0 Å². The molecule has 2 nitrogen and oxygen atoms in total. The van der Waals surface area contributed by atoms with Crippen molar-refractivity contribution >= 4 is 11.8 Å². The summed E-state index contributed by atoms with van der Waals surface area (Å²) in [5.41, 5.74) is 6.01. The van der Waals surface area contributed by atoms with Gasteiger partial charge in [0.15, 0.2) is 0 Å². The third-order valence-corrected chi connectivity index (χ3v) is 4.09. The summed E-state index contributed by atoms with van der Waals surface area (Å²) < 4.78 is 0. The zero-order valence-corrected chi connectivity index (χ0v) is 10.4. The van der Waals surface area contributed by atoms with Crippen molar-refractivity contribution in [3.63, 3.8) is 0 Å². The predicted molar refractivity (Wildman–Crippen MR) is 69.0 cm³/mol. The maximum absolute atomic E-state index is 5.90. The van der Waals surface area contributed by atoms with Gasteiger partial charge in [0.1, 0.15) is 0 Å². The van der Waals surface area contributed by atoms with Gasteiger partial charge < -0.3 is 5.73 Å². The zero-order chi connectivity index (χ0) is 11.1. The highest BCUT2D eigenvalue weighted by atomic mass is 32.2. The van der Waals surface area contributed by atoms with E-state index in [9.17, 15) is 0 Å². The van der Waals surface area contributed by atoms with Crippen LogP contribution < -0.4 is 11.1 Å². The Labute approximate surface area is 97.8 Å². The Kier molecular flexibility index (Phi) is 5.52. The van der Waals surface area contributed by atoms with Crippen molar-refractivity contribution in [2.45, 2.75) is 44.2 Å². The summed E-state index contributed by atoms with van der Waals surface area (Å²) >= 11 is 2.01. The van der Waals surface area contributed by atoms with Gasteiger partial charge in [-0.25, -0.2) is 0 Å². The van der Waals surface area contributed by atoms with E-state index < -0.39 is 0 Å². The topological polar surface area (TPSA) is 38.0 Å². The summed E-state index contributed by atoms with van der Waals surface area (Å²) in [6.07, 6.45) is 10.00. The number of nitrogens with one attached hydrogen (secondary N) is 1. The van der Waals surface area contributed by atoms with Crippen LogP contribution in [0.3, 0.4) is 0 Å². The Morgan fingerprint density at radius 3 is 2.67 bits per heavy atom. The van der Waals surface area contributed by atoms with E-state index in [4.69, 9.17) is 12.2 Å². The molecule has 1 aliphatic rings. The van der Waals surface area contributed by atoms with E-state index in [0.717, 1.165) is 25.7 Å². The molecule has 0 radical (unpaired) electrons. The first-order chi connectivity index (χ1) is 7.26. The average Bonchev–Trinajstić information content (AvgIpc) is 2.30. The number of hydrogen-bond donors (Lipinski definition) is 2. The summed E-state index contributed by atoms with van der Waals surface area (Å²) in [6, 6.07) is 0.196. The Morgan fingerprint density at radius 2 is 2.20 bits per heavy atom. The largest absolute Gasteiger partial charge is 0.329 e. The second-order valence-corrected chi connectivity index (χ2v) is 5.47. The summed E-state index contributed by atoms with van der Waals surface area (Å²) in [4.78, 5) is 0. The molecule has 1 saturated heterocycles. The van der Waals surface area contributed by atoms with Crippen molar-refractivity contribution in [1.82, 2.24) is 5.32 Å². The molecular formula is C12H22N2S. The quantitative estimate of drug-likeness (QED) is 0.699. The molecule has 0 amide bonds. The smallest absolute Gasteiger partial charge is 0.0691 e. The lowest BCUT2D eigenvalue weighted by atomic mass is 9.90. The van der Waals surface area contributed by atoms with E-state index in [1.165, 1.54) is 11.5 Å². The fraction of sp³-hybridized carbons (Fsp3) is 0.833. The molecule has 0 aromatic heterocycles. The minimum Gasteiger partial charge on any atom is -0.329 e. The maximum Gasteiger partial charge on any atom is 0.0691 e. The molecule has 1 fully saturated rings. The van der Waals surface area contributed by atoms with E-state index in [1.807, 2.05) is 11.8 Å². The summed E-state index contributed by atoms with van der Waals surface area (Å²) in [5, 5.41) is 3.60. The molecule has 1 rings (SSSR count). The number of thioether (sulfide) groups is 1. The average molecular weight is 226 g/mol. The molecule has 15 heavy (non-hydrogen) atoms. The van der Waals surface area contributed by atoms with Gasteiger partial charge in [-0.3, -0.25) is 5.32 Å². The Morgan fingerprint density at radius 1 is 1.53 bits per heavy atom. The van der Waals surface area contributed by atoms with Crippen LogP contribution in [0.1, 0.15) is 32.6 Å². The third-order valence-electron chi connectivity index (χ3n) is 3.10. The van der Waals surface area contributed by atoms with Crippen molar-refractivity contribution in [3.8, 4) is 12.3 Å². The first kappa shape index (κ1) is 12.9. The van der Waals surface area contributed by atoms with Crippen LogP contribution in [0.15, 0.2) is 0 Å². The zero-order valence-electron chi connectivity index (χ0n) is 9.59. The van der Waals surface area contributed by atoms with Crippen molar-refractivity contribution in [3.05, 3.63) is 0 Å². The highest BCUT2D eigenvalue weighted by Crippen LogP contribution is 2.26. The van der Waals surface area contributed by atoms with Gasteiger partial charge in [0.05, 0.1) is 6.04 Å². The first-order valence-corrected chi connectivity index (χ1v) is 6.93. The molecule has 86 valence electrons. The second kappa shape index (κ2) is 6.42. The van der Waals surface area contributed by atoms with Gasteiger partial charge in [0, 0.05) is 12.1 Å². The van der Waals surface area contributed by atoms with E-state index in [2.05, 4.69) is 18.2 Å². The van der Waals surface area contributed by atoms with Crippen molar-refractivity contribution in [2.75, 3.05) is 18.1 Å². The summed E-state index contributed by atoms with van der Waals surface area (Å²) in [7, 11) is 0. The van der Waals surface area contributed by atoms with Gasteiger partial charge in [-0.2, -0.15) is 11.8 Å². The number of hydrogen-bond acceptors (Lipinski definition) is 3. The molecule has 0 aromatic carbocycles. The van der Waals surface area contributed by atoms with Gasteiger partial charge >= 0.3 is 0 Å². The van der Waals surface area contributed by atoms with Crippen molar-refractivity contribution < 1.29 is 0 Å². The SMILES string of the molecule is C#CC(CCC)NC1(CN)CCSCC1. The highest BCUT2D eigenvalue weighted by molar-refractivity contribution is 7.99. The number of nitrogens with two attached hydrogens (primary N) is 1. The van der Waals surface area contributed by atoms with E-state index in [0.29, 0.717) is 6.54 Å². The van der Waals surface area contributed by atoms with Crippen LogP contribution in [0.25, 0.3) is 0 Å². The fourth-order valence-corrected chi connectivity index (χ4v) is 3.30. The first-order valence-electron chi connectivity index (χ1n) is 5.78. The molecule has 3 N–H and O–H groups in total. The van der Waals surface area contributed by atoms with Gasteiger partial charge in [0.25, 0.3) is 0 Å². The molecule has 0 bridgehead atoms. The lowest BCUT2D eigenvalue weighted by Crippen LogP contribution is -2.56. The molecule has 0 saturated carbocycles. The molecule has 1 unspecified atom stereocenters. The minimum atomic E-state index is 0.109. The van der Waals surface area contributed by atoms with Gasteiger partial charge in [-0.05, 0) is 30.8 Å². The molecule has 3 heteroatoms. The third kappa shape index (κ3) is 3.71. The minimum absolute atomic E-state index is 0.109. The van der Waals surface area contributed by atoms with Crippen LogP contribution in [0.5, 0.6) is 0 Å². The lowest BCUT2D eigenvalue weighted by Gasteiger charge is -2.39. The molecule has 1 aliphatic heterocycles. The summed E-state index contributed by atoms with van der Waals surface area (Å²) in [6.45, 7) is 2.87. The van der Waals surface area contributed by atoms with Gasteiger partial charge in [-0.15, -0.1) is 6.42 Å². The van der Waals surface area contributed by atoms with E-state index in [1.54, 1.807) is 0 Å². The Hall–Kier alpha value is -0.170. The van der Waals surface area contributed by atoms with E-state index >= 15 is 0 Å². The molecular weight excluding hydrogens is 204 g/mol. The normalized spacial score (nSPS) is 21.9. The van der Waals surface area contributed by atoms with Crippen molar-refractivity contribution in [1.29, 1.82) is 0 Å². The molecule has 0 spiro atoms. The highest BCUT2D eigenvalue weighted by Gasteiger charge is 2.32. The molecule has 0 aromatic rings. The van der Waals surface area contributed by atoms with E-state index in [-0.39, 0.29) is 11.6 Å². The monoisotopic (exact) mass is 226 g/mol. The van der Waals surface area contributed by atoms with Crippen LogP contribution in [-0.4, -0.2) is 29.6 Å². The molecule has 1 heterocycles. The lowest BCUT2D eigenvalue weighted by molar-refractivity contribution is 0.286. The van der Waals surface area contributed by atoms with Crippen LogP contribution >= 0.6 is 11.8 Å². The van der Waals surface area contributed by atoms with Gasteiger partial charge in [0.2, 0.25) is 0 Å². The predicted octanol–water partition coefficient (Wildman–Crippen LogP) is 1.60. The maximum atomic E-state index is 5.90. The number of rotatable bonds is 5. The van der Waals surface area contributed by atoms with Crippen molar-refractivity contribution in [2.24, 2.45) is 5.73 Å². The summed E-state index contributed by atoms with van der Waals surface area (Å²) in [5.74, 6) is 5.24. The van der Waals surface area contributed by atoms with Crippen LogP contribution in [0, 0.1) is 12.3 Å². The Bertz CT molecular complexity index is 216. The fourth-order valence-electron chi connectivity index (χ4n) is 2.02. The van der Waals surface area contributed by atoms with Gasteiger partial charge in [-0.1, -0.05) is 19.3 Å². The van der Waals surface area contributed by atoms with Crippen LogP contribution in [0.2, 0.25) is 0 Å². The molecule has 0 aliphatic carbocycles. The van der Waals surface area contributed by atoms with Crippen LogP contribution in [0.4, 0.5) is 0 Å².